The monoisotopic (exact) mass is 328 g/mol. The molecule has 1 aliphatic heterocycles. The Morgan fingerprint density at radius 3 is 2.39 bits per heavy atom. The zero-order valence-corrected chi connectivity index (χ0v) is 13.5. The van der Waals surface area contributed by atoms with Crippen molar-refractivity contribution in [1.82, 2.24) is 10.2 Å². The maximum Gasteiger partial charge on any atom is 0.254 e. The number of rotatable bonds is 2. The van der Waals surface area contributed by atoms with Crippen molar-refractivity contribution in [1.29, 1.82) is 0 Å². The number of halogens is 1. The number of amides is 2. The van der Waals surface area contributed by atoms with Crippen LogP contribution in [0.1, 0.15) is 21.5 Å². The molecule has 0 aliphatic carbocycles. The summed E-state index contributed by atoms with van der Waals surface area (Å²) in [5, 5.41) is 3.23. The van der Waals surface area contributed by atoms with Crippen molar-refractivity contribution in [3.63, 3.8) is 0 Å². The van der Waals surface area contributed by atoms with E-state index in [2.05, 4.69) is 5.32 Å². The van der Waals surface area contributed by atoms with Crippen molar-refractivity contribution in [3.05, 3.63) is 70.2 Å². The Hall–Kier alpha value is -2.33. The highest BCUT2D eigenvalue weighted by atomic mass is 35.5. The lowest BCUT2D eigenvalue weighted by atomic mass is 9.93. The molecular formula is C18H17ClN2O2. The minimum Gasteiger partial charge on any atom is -0.357 e. The predicted octanol–water partition coefficient (Wildman–Crippen LogP) is 2.65. The first-order valence-electron chi connectivity index (χ1n) is 7.45. The van der Waals surface area contributed by atoms with E-state index in [1.165, 1.54) is 0 Å². The molecule has 1 aliphatic rings. The van der Waals surface area contributed by atoms with Crippen LogP contribution >= 0.6 is 11.6 Å². The molecule has 1 N–H and O–H groups in total. The molecule has 1 atom stereocenters. The fourth-order valence-corrected chi connectivity index (χ4v) is 3.02. The number of hydrogen-bond donors (Lipinski definition) is 1. The van der Waals surface area contributed by atoms with E-state index in [9.17, 15) is 9.59 Å². The molecule has 23 heavy (non-hydrogen) atoms. The zero-order chi connectivity index (χ0) is 16.4. The van der Waals surface area contributed by atoms with E-state index in [0.717, 1.165) is 11.1 Å². The highest BCUT2D eigenvalue weighted by Gasteiger charge is 2.34. The standard InChI is InChI=1S/C18H17ClN2O2/c1-20-17(22)16-10-13-4-2-3-5-14(13)11-21(16)18(23)12-6-8-15(19)9-7-12/h2-9,16H,10-11H2,1H3,(H,20,22)/t16-/m1/s1. The van der Waals surface area contributed by atoms with E-state index in [4.69, 9.17) is 11.6 Å². The second-order valence-corrected chi connectivity index (χ2v) is 5.98. The molecule has 5 heteroatoms. The molecule has 0 aromatic heterocycles. The minimum absolute atomic E-state index is 0.151. The highest BCUT2D eigenvalue weighted by Crippen LogP contribution is 2.25. The van der Waals surface area contributed by atoms with E-state index >= 15 is 0 Å². The van der Waals surface area contributed by atoms with Crippen molar-refractivity contribution in [2.45, 2.75) is 19.0 Å². The second-order valence-electron chi connectivity index (χ2n) is 5.54. The summed E-state index contributed by atoms with van der Waals surface area (Å²) < 4.78 is 0. The van der Waals surface area contributed by atoms with Crippen LogP contribution in [0.4, 0.5) is 0 Å². The Kier molecular flexibility index (Phi) is 4.35. The van der Waals surface area contributed by atoms with Crippen LogP contribution in [0.25, 0.3) is 0 Å². The Morgan fingerprint density at radius 1 is 1.09 bits per heavy atom. The van der Waals surface area contributed by atoms with Gasteiger partial charge in [-0.15, -0.1) is 0 Å². The van der Waals surface area contributed by atoms with Crippen molar-refractivity contribution >= 4 is 23.4 Å². The van der Waals surface area contributed by atoms with Crippen molar-refractivity contribution in [2.75, 3.05) is 7.05 Å². The van der Waals surface area contributed by atoms with Crippen LogP contribution in [0.2, 0.25) is 5.02 Å². The third kappa shape index (κ3) is 3.08. The molecule has 2 aromatic rings. The number of fused-ring (bicyclic) bond motifs is 1. The molecular weight excluding hydrogens is 312 g/mol. The maximum atomic E-state index is 12.9. The Morgan fingerprint density at radius 2 is 1.74 bits per heavy atom. The summed E-state index contributed by atoms with van der Waals surface area (Å²) in [5.74, 6) is -0.313. The van der Waals surface area contributed by atoms with E-state index in [0.29, 0.717) is 23.6 Å². The van der Waals surface area contributed by atoms with Crippen LogP contribution in [0.5, 0.6) is 0 Å². The Labute approximate surface area is 140 Å². The van der Waals surface area contributed by atoms with Crippen molar-refractivity contribution < 1.29 is 9.59 Å². The lowest BCUT2D eigenvalue weighted by molar-refractivity contribution is -0.125. The minimum atomic E-state index is -0.502. The van der Waals surface area contributed by atoms with Gasteiger partial charge in [0.1, 0.15) is 6.04 Å². The average molecular weight is 329 g/mol. The third-order valence-corrected chi connectivity index (χ3v) is 4.40. The largest absolute Gasteiger partial charge is 0.357 e. The molecule has 2 aromatic carbocycles. The molecule has 0 bridgehead atoms. The Balaban J connectivity index is 1.95. The number of carbonyl (C=O) groups excluding carboxylic acids is 2. The van der Waals surface area contributed by atoms with Crippen LogP contribution in [-0.4, -0.2) is 29.8 Å². The predicted molar refractivity (Wildman–Crippen MR) is 89.3 cm³/mol. The van der Waals surface area contributed by atoms with E-state index in [1.54, 1.807) is 36.2 Å². The quantitative estimate of drug-likeness (QED) is 0.921. The van der Waals surface area contributed by atoms with Gasteiger partial charge in [0, 0.05) is 30.6 Å². The zero-order valence-electron chi connectivity index (χ0n) is 12.8. The van der Waals surface area contributed by atoms with Crippen molar-refractivity contribution in [3.8, 4) is 0 Å². The SMILES string of the molecule is CNC(=O)[C@H]1Cc2ccccc2CN1C(=O)c1ccc(Cl)cc1. The van der Waals surface area contributed by atoms with E-state index in [-0.39, 0.29) is 11.8 Å². The first-order chi connectivity index (χ1) is 11.1. The molecule has 0 unspecified atom stereocenters. The van der Waals surface area contributed by atoms with Crippen molar-refractivity contribution in [2.24, 2.45) is 0 Å². The number of carbonyl (C=O) groups is 2. The average Bonchev–Trinajstić information content (AvgIpc) is 2.60. The molecule has 3 rings (SSSR count). The summed E-state index contributed by atoms with van der Waals surface area (Å²) in [4.78, 5) is 26.7. The van der Waals surface area contributed by atoms with Gasteiger partial charge in [-0.3, -0.25) is 9.59 Å². The molecule has 0 saturated carbocycles. The first-order valence-corrected chi connectivity index (χ1v) is 7.83. The van der Waals surface area contributed by atoms with Gasteiger partial charge in [-0.1, -0.05) is 35.9 Å². The third-order valence-electron chi connectivity index (χ3n) is 4.15. The maximum absolute atomic E-state index is 12.9. The van der Waals surface area contributed by atoms with Crippen LogP contribution in [0, 0.1) is 0 Å². The molecule has 0 radical (unpaired) electrons. The second kappa shape index (κ2) is 6.42. The topological polar surface area (TPSA) is 49.4 Å². The van der Waals surface area contributed by atoms with Gasteiger partial charge in [-0.25, -0.2) is 0 Å². The van der Waals surface area contributed by atoms with Gasteiger partial charge < -0.3 is 10.2 Å². The molecule has 1 heterocycles. The number of nitrogens with zero attached hydrogens (tertiary/aromatic N) is 1. The van der Waals surface area contributed by atoms with Crippen LogP contribution in [0.3, 0.4) is 0 Å². The Bertz CT molecular complexity index is 743. The molecule has 0 fully saturated rings. The van der Waals surface area contributed by atoms with Gasteiger partial charge in [0.05, 0.1) is 0 Å². The van der Waals surface area contributed by atoms with Crippen LogP contribution in [0.15, 0.2) is 48.5 Å². The fraction of sp³-hybridized carbons (Fsp3) is 0.222. The lowest BCUT2D eigenvalue weighted by Crippen LogP contribution is -2.51. The first kappa shape index (κ1) is 15.6. The molecule has 4 nitrogen and oxygen atoms in total. The summed E-state index contributed by atoms with van der Waals surface area (Å²) in [7, 11) is 1.59. The van der Waals surface area contributed by atoms with Gasteiger partial charge in [-0.2, -0.15) is 0 Å². The lowest BCUT2D eigenvalue weighted by Gasteiger charge is -2.35. The fourth-order valence-electron chi connectivity index (χ4n) is 2.90. The summed E-state index contributed by atoms with van der Waals surface area (Å²) in [6.07, 6.45) is 0.523. The van der Waals surface area contributed by atoms with Gasteiger partial charge in [0.2, 0.25) is 5.91 Å². The van der Waals surface area contributed by atoms with Gasteiger partial charge in [-0.05, 0) is 35.4 Å². The molecule has 2 amide bonds. The molecule has 0 saturated heterocycles. The summed E-state index contributed by atoms with van der Waals surface area (Å²) in [6, 6.07) is 14.1. The van der Waals surface area contributed by atoms with Gasteiger partial charge in [0.25, 0.3) is 5.91 Å². The van der Waals surface area contributed by atoms with Crippen LogP contribution in [-0.2, 0) is 17.8 Å². The number of benzene rings is 2. The number of nitrogens with one attached hydrogen (secondary N) is 1. The molecule has 0 spiro atoms. The molecule has 118 valence electrons. The highest BCUT2D eigenvalue weighted by molar-refractivity contribution is 6.30. The van der Waals surface area contributed by atoms with Crippen LogP contribution < -0.4 is 5.32 Å². The van der Waals surface area contributed by atoms with E-state index in [1.807, 2.05) is 24.3 Å². The normalized spacial score (nSPS) is 16.6. The smallest absolute Gasteiger partial charge is 0.254 e. The summed E-state index contributed by atoms with van der Waals surface area (Å²) in [5.41, 5.74) is 2.72. The summed E-state index contributed by atoms with van der Waals surface area (Å²) in [6.45, 7) is 0.426. The van der Waals surface area contributed by atoms with Gasteiger partial charge >= 0.3 is 0 Å². The van der Waals surface area contributed by atoms with E-state index < -0.39 is 6.04 Å². The number of hydrogen-bond acceptors (Lipinski definition) is 2. The van der Waals surface area contributed by atoms with Gasteiger partial charge in [0.15, 0.2) is 0 Å². The number of likely N-dealkylation sites (N-methyl/N-ethyl adjacent to an activating group) is 1. The summed E-state index contributed by atoms with van der Waals surface area (Å²) >= 11 is 5.88.